The second-order valence-corrected chi connectivity index (χ2v) is 5.51. The van der Waals surface area contributed by atoms with Crippen molar-refractivity contribution < 1.29 is 9.84 Å². The highest BCUT2D eigenvalue weighted by Crippen LogP contribution is 2.22. The molecule has 2 rings (SSSR count). The number of nitrogen functional groups attached to an aromatic ring is 1. The summed E-state index contributed by atoms with van der Waals surface area (Å²) in [5, 5.41) is 9.86. The molecule has 0 aliphatic heterocycles. The number of hydrogen-bond donors (Lipinski definition) is 2. The Morgan fingerprint density at radius 3 is 2.75 bits per heavy atom. The van der Waals surface area contributed by atoms with Crippen molar-refractivity contribution in [1.82, 2.24) is 9.55 Å². The molecule has 1 aromatic carbocycles. The molecule has 1 heterocycles. The van der Waals surface area contributed by atoms with Crippen LogP contribution in [0.1, 0.15) is 32.7 Å². The molecule has 0 saturated carbocycles. The van der Waals surface area contributed by atoms with Gasteiger partial charge in [-0.1, -0.05) is 13.8 Å². The van der Waals surface area contributed by atoms with E-state index in [1.54, 1.807) is 6.92 Å². The third kappa shape index (κ3) is 3.29. The second-order valence-electron chi connectivity index (χ2n) is 5.51. The van der Waals surface area contributed by atoms with E-state index >= 15 is 0 Å². The van der Waals surface area contributed by atoms with E-state index in [2.05, 4.69) is 18.8 Å². The third-order valence-corrected chi connectivity index (χ3v) is 3.09. The molecule has 1 atom stereocenters. The van der Waals surface area contributed by atoms with Crippen LogP contribution >= 0.6 is 0 Å². The predicted molar refractivity (Wildman–Crippen MR) is 80.4 cm³/mol. The van der Waals surface area contributed by atoms with E-state index in [0.29, 0.717) is 30.6 Å². The first kappa shape index (κ1) is 14.8. The van der Waals surface area contributed by atoms with Crippen LogP contribution in [-0.4, -0.2) is 27.9 Å². The monoisotopic (exact) mass is 277 g/mol. The topological polar surface area (TPSA) is 73.3 Å². The largest absolute Gasteiger partial charge is 0.399 e. The Kier molecular flexibility index (Phi) is 4.62. The molecule has 0 aliphatic carbocycles. The minimum Gasteiger partial charge on any atom is -0.399 e. The van der Waals surface area contributed by atoms with Crippen LogP contribution in [0, 0.1) is 5.92 Å². The molecule has 2 aromatic rings. The summed E-state index contributed by atoms with van der Waals surface area (Å²) >= 11 is 0. The van der Waals surface area contributed by atoms with Gasteiger partial charge in [-0.3, -0.25) is 0 Å². The summed E-state index contributed by atoms with van der Waals surface area (Å²) in [6.07, 6.45) is -0.617. The lowest BCUT2D eigenvalue weighted by Gasteiger charge is -2.12. The zero-order valence-electron chi connectivity index (χ0n) is 12.3. The molecule has 5 heteroatoms. The maximum atomic E-state index is 9.86. The van der Waals surface area contributed by atoms with Gasteiger partial charge in [-0.25, -0.2) is 4.98 Å². The maximum absolute atomic E-state index is 9.86. The van der Waals surface area contributed by atoms with Gasteiger partial charge >= 0.3 is 0 Å². The van der Waals surface area contributed by atoms with E-state index in [9.17, 15) is 5.11 Å². The lowest BCUT2D eigenvalue weighted by molar-refractivity contribution is 0.101. The van der Waals surface area contributed by atoms with Crippen LogP contribution in [0.3, 0.4) is 0 Å². The Morgan fingerprint density at radius 2 is 2.10 bits per heavy atom. The smallest absolute Gasteiger partial charge is 0.138 e. The first-order chi connectivity index (χ1) is 9.49. The fraction of sp³-hybridized carbons (Fsp3) is 0.533. The number of ether oxygens (including phenoxy) is 1. The number of nitrogens with zero attached hydrogens (tertiary/aromatic N) is 2. The molecule has 0 saturated heterocycles. The Hall–Kier alpha value is -1.59. The van der Waals surface area contributed by atoms with E-state index in [1.807, 2.05) is 22.8 Å². The highest BCUT2D eigenvalue weighted by Gasteiger charge is 2.14. The highest BCUT2D eigenvalue weighted by atomic mass is 16.5. The number of aromatic nitrogens is 2. The van der Waals surface area contributed by atoms with Crippen LogP contribution in [0.5, 0.6) is 0 Å². The molecule has 1 unspecified atom stereocenters. The van der Waals surface area contributed by atoms with E-state index in [0.717, 1.165) is 17.6 Å². The molecule has 0 amide bonds. The van der Waals surface area contributed by atoms with Crippen molar-refractivity contribution in [3.63, 3.8) is 0 Å². The van der Waals surface area contributed by atoms with Crippen molar-refractivity contribution in [2.75, 3.05) is 18.9 Å². The fourth-order valence-corrected chi connectivity index (χ4v) is 2.19. The number of imidazole rings is 1. The molecular formula is C15H23N3O2. The van der Waals surface area contributed by atoms with Gasteiger partial charge in [0.2, 0.25) is 0 Å². The average molecular weight is 277 g/mol. The fourth-order valence-electron chi connectivity index (χ4n) is 2.19. The van der Waals surface area contributed by atoms with Crippen molar-refractivity contribution >= 4 is 16.7 Å². The average Bonchev–Trinajstić information content (AvgIpc) is 2.72. The van der Waals surface area contributed by atoms with Crippen molar-refractivity contribution in [3.05, 3.63) is 24.0 Å². The van der Waals surface area contributed by atoms with Crippen LogP contribution < -0.4 is 5.73 Å². The molecule has 5 nitrogen and oxygen atoms in total. The molecule has 0 radical (unpaired) electrons. The molecule has 0 aliphatic rings. The summed E-state index contributed by atoms with van der Waals surface area (Å²) in [5.41, 5.74) is 8.24. The third-order valence-electron chi connectivity index (χ3n) is 3.09. The van der Waals surface area contributed by atoms with Gasteiger partial charge < -0.3 is 20.1 Å². The van der Waals surface area contributed by atoms with Crippen LogP contribution in [0.4, 0.5) is 5.69 Å². The summed E-state index contributed by atoms with van der Waals surface area (Å²) in [5.74, 6) is 1.17. The van der Waals surface area contributed by atoms with Crippen LogP contribution in [0.25, 0.3) is 11.0 Å². The number of fused-ring (bicyclic) bond motifs is 1. The normalized spacial score (nSPS) is 13.2. The molecule has 20 heavy (non-hydrogen) atoms. The summed E-state index contributed by atoms with van der Waals surface area (Å²) in [4.78, 5) is 4.46. The maximum Gasteiger partial charge on any atom is 0.138 e. The first-order valence-corrected chi connectivity index (χ1v) is 7.00. The summed E-state index contributed by atoms with van der Waals surface area (Å²) in [6.45, 7) is 7.98. The summed E-state index contributed by atoms with van der Waals surface area (Å²) in [6, 6.07) is 5.61. The molecule has 0 bridgehead atoms. The van der Waals surface area contributed by atoms with Crippen LogP contribution in [0.15, 0.2) is 18.2 Å². The van der Waals surface area contributed by atoms with E-state index < -0.39 is 6.10 Å². The summed E-state index contributed by atoms with van der Waals surface area (Å²) in [7, 11) is 0. The standard InChI is InChI=1S/C15H23N3O2/c1-10(2)9-20-7-6-18-14-5-4-12(16)8-13(14)17-15(18)11(3)19/h4-5,8,10-11,19H,6-7,9,16H2,1-3H3. The number of aliphatic hydroxyl groups excluding tert-OH is 1. The quantitative estimate of drug-likeness (QED) is 0.628. The van der Waals surface area contributed by atoms with Crippen molar-refractivity contribution in [1.29, 1.82) is 0 Å². The number of rotatable bonds is 6. The molecule has 0 fully saturated rings. The van der Waals surface area contributed by atoms with E-state index in [1.165, 1.54) is 0 Å². The lowest BCUT2D eigenvalue weighted by Crippen LogP contribution is -2.13. The SMILES string of the molecule is CC(C)COCCn1c(C(C)O)nc2cc(N)ccc21. The molecule has 0 spiro atoms. The minimum atomic E-state index is -0.617. The summed E-state index contributed by atoms with van der Waals surface area (Å²) < 4.78 is 7.62. The Morgan fingerprint density at radius 1 is 1.35 bits per heavy atom. The molecule has 110 valence electrons. The van der Waals surface area contributed by atoms with Gasteiger partial charge in [-0.05, 0) is 31.0 Å². The molecule has 1 aromatic heterocycles. The van der Waals surface area contributed by atoms with E-state index in [-0.39, 0.29) is 0 Å². The Balaban J connectivity index is 2.22. The highest BCUT2D eigenvalue weighted by molar-refractivity contribution is 5.79. The number of aliphatic hydroxyl groups is 1. The molecular weight excluding hydrogens is 254 g/mol. The zero-order chi connectivity index (χ0) is 14.7. The number of anilines is 1. The van der Waals surface area contributed by atoms with Crippen molar-refractivity contribution in [2.24, 2.45) is 5.92 Å². The first-order valence-electron chi connectivity index (χ1n) is 7.00. The number of hydrogen-bond acceptors (Lipinski definition) is 4. The number of nitrogens with two attached hydrogens (primary N) is 1. The second kappa shape index (κ2) is 6.24. The lowest BCUT2D eigenvalue weighted by atomic mass is 10.2. The Labute approximate surface area is 119 Å². The van der Waals surface area contributed by atoms with Crippen molar-refractivity contribution in [2.45, 2.75) is 33.4 Å². The van der Waals surface area contributed by atoms with Gasteiger partial charge in [-0.2, -0.15) is 0 Å². The van der Waals surface area contributed by atoms with Gasteiger partial charge in [0.15, 0.2) is 0 Å². The van der Waals surface area contributed by atoms with Crippen LogP contribution in [0.2, 0.25) is 0 Å². The van der Waals surface area contributed by atoms with E-state index in [4.69, 9.17) is 10.5 Å². The zero-order valence-corrected chi connectivity index (χ0v) is 12.3. The molecule has 3 N–H and O–H groups in total. The van der Waals surface area contributed by atoms with Crippen molar-refractivity contribution in [3.8, 4) is 0 Å². The number of benzene rings is 1. The minimum absolute atomic E-state index is 0.519. The van der Waals surface area contributed by atoms with Gasteiger partial charge in [0.1, 0.15) is 11.9 Å². The van der Waals surface area contributed by atoms with Crippen LogP contribution in [-0.2, 0) is 11.3 Å². The van der Waals surface area contributed by atoms with Gasteiger partial charge in [0.05, 0.1) is 17.6 Å². The van der Waals surface area contributed by atoms with Gasteiger partial charge in [-0.15, -0.1) is 0 Å². The Bertz CT molecular complexity index is 576. The van der Waals surface area contributed by atoms with Gasteiger partial charge in [0.25, 0.3) is 0 Å². The van der Waals surface area contributed by atoms with Gasteiger partial charge in [0, 0.05) is 18.8 Å². The predicted octanol–water partition coefficient (Wildman–Crippen LogP) is 2.34.